The molecule has 0 spiro atoms. The van der Waals surface area contributed by atoms with Crippen molar-refractivity contribution in [3.8, 4) is 6.07 Å². The molecule has 12 heavy (non-hydrogen) atoms. The van der Waals surface area contributed by atoms with E-state index < -0.39 is 4.32 Å². The molecule has 0 saturated carbocycles. The van der Waals surface area contributed by atoms with Crippen molar-refractivity contribution in [3.63, 3.8) is 0 Å². The van der Waals surface area contributed by atoms with E-state index in [-0.39, 0.29) is 0 Å². The van der Waals surface area contributed by atoms with Crippen molar-refractivity contribution < 1.29 is 0 Å². The zero-order chi connectivity index (χ0) is 9.19. The molecule has 0 heterocycles. The summed E-state index contributed by atoms with van der Waals surface area (Å²) in [5.41, 5.74) is 1.07. The summed E-state index contributed by atoms with van der Waals surface area (Å²) in [6, 6.07) is 2.23. The van der Waals surface area contributed by atoms with E-state index in [2.05, 4.69) is 41.1 Å². The van der Waals surface area contributed by atoms with Crippen molar-refractivity contribution in [2.45, 2.75) is 24.6 Å². The van der Waals surface area contributed by atoms with Crippen molar-refractivity contribution in [1.82, 2.24) is 0 Å². The van der Waals surface area contributed by atoms with Crippen LogP contribution in [0, 0.1) is 17.2 Å². The van der Waals surface area contributed by atoms with Crippen LogP contribution in [0.4, 0.5) is 0 Å². The fourth-order valence-corrected chi connectivity index (χ4v) is 1.48. The van der Waals surface area contributed by atoms with E-state index in [0.29, 0.717) is 5.92 Å². The highest BCUT2D eigenvalue weighted by atomic mass is 79.9. The zero-order valence-electron chi connectivity index (χ0n) is 7.34. The minimum atomic E-state index is -0.516. The van der Waals surface area contributed by atoms with Crippen molar-refractivity contribution >= 4 is 15.9 Å². The summed E-state index contributed by atoms with van der Waals surface area (Å²) in [6.45, 7) is 4.03. The maximum absolute atomic E-state index is 8.86. The molecule has 1 nitrogen and oxygen atoms in total. The zero-order valence-corrected chi connectivity index (χ0v) is 8.93. The molecule has 2 unspecified atom stereocenters. The molecule has 0 aromatic heterocycles. The Morgan fingerprint density at radius 3 is 2.92 bits per heavy atom. The summed E-state index contributed by atoms with van der Waals surface area (Å²) in [5, 5.41) is 8.86. The monoisotopic (exact) mass is 225 g/mol. The SMILES string of the molecule is CC1C=C(C(C)(Br)C#N)C=CC1. The van der Waals surface area contributed by atoms with E-state index in [4.69, 9.17) is 5.26 Å². The first-order valence-electron chi connectivity index (χ1n) is 4.05. The van der Waals surface area contributed by atoms with E-state index in [0.717, 1.165) is 12.0 Å². The van der Waals surface area contributed by atoms with Crippen molar-refractivity contribution in [2.75, 3.05) is 0 Å². The van der Waals surface area contributed by atoms with Gasteiger partial charge in [-0.25, -0.2) is 0 Å². The Morgan fingerprint density at radius 2 is 2.42 bits per heavy atom. The second kappa shape index (κ2) is 3.45. The molecule has 0 saturated heterocycles. The fourth-order valence-electron chi connectivity index (χ4n) is 1.22. The van der Waals surface area contributed by atoms with Gasteiger partial charge >= 0.3 is 0 Å². The number of allylic oxidation sites excluding steroid dienone is 4. The summed E-state index contributed by atoms with van der Waals surface area (Å²) in [6.07, 6.45) is 7.38. The molecule has 0 fully saturated rings. The first kappa shape index (κ1) is 9.54. The van der Waals surface area contributed by atoms with Gasteiger partial charge in [0.05, 0.1) is 6.07 Å². The van der Waals surface area contributed by atoms with Gasteiger partial charge in [-0.3, -0.25) is 0 Å². The summed E-state index contributed by atoms with van der Waals surface area (Å²) >= 11 is 3.39. The molecule has 2 heteroatoms. The van der Waals surface area contributed by atoms with Crippen LogP contribution in [-0.4, -0.2) is 4.32 Å². The maximum Gasteiger partial charge on any atom is 0.134 e. The Bertz CT molecular complexity index is 268. The molecule has 1 aliphatic rings. The van der Waals surface area contributed by atoms with Crippen molar-refractivity contribution in [1.29, 1.82) is 5.26 Å². The Morgan fingerprint density at radius 1 is 1.75 bits per heavy atom. The molecule has 0 amide bonds. The van der Waals surface area contributed by atoms with Crippen LogP contribution >= 0.6 is 15.9 Å². The predicted octanol–water partition coefficient (Wildman–Crippen LogP) is 3.19. The summed E-state index contributed by atoms with van der Waals surface area (Å²) in [4.78, 5) is 0. The second-order valence-electron chi connectivity index (χ2n) is 3.35. The van der Waals surface area contributed by atoms with Gasteiger partial charge in [0.2, 0.25) is 0 Å². The average molecular weight is 226 g/mol. The van der Waals surface area contributed by atoms with E-state index in [1.54, 1.807) is 0 Å². The van der Waals surface area contributed by atoms with Gasteiger partial charge in [0.1, 0.15) is 4.32 Å². The Hall–Kier alpha value is -0.550. The molecular weight excluding hydrogens is 214 g/mol. The standard InChI is InChI=1S/C10H12BrN/c1-8-4-3-5-9(6-8)10(2,11)7-12/h3,5-6,8H,4H2,1-2H3. The third kappa shape index (κ3) is 1.98. The maximum atomic E-state index is 8.86. The van der Waals surface area contributed by atoms with Gasteiger partial charge < -0.3 is 0 Å². The quantitative estimate of drug-likeness (QED) is 0.630. The van der Waals surface area contributed by atoms with Gasteiger partial charge in [-0.05, 0) is 24.8 Å². The molecule has 1 rings (SSSR count). The van der Waals surface area contributed by atoms with Crippen LogP contribution in [0.1, 0.15) is 20.3 Å². The molecule has 0 radical (unpaired) electrons. The molecule has 1 aliphatic carbocycles. The van der Waals surface area contributed by atoms with Crippen LogP contribution in [0.2, 0.25) is 0 Å². The number of nitrogens with zero attached hydrogens (tertiary/aromatic N) is 1. The molecule has 0 bridgehead atoms. The van der Waals surface area contributed by atoms with Gasteiger partial charge in [-0.2, -0.15) is 5.26 Å². The third-order valence-corrected chi connectivity index (χ3v) is 2.66. The molecule has 0 aromatic rings. The van der Waals surface area contributed by atoms with Crippen LogP contribution in [0.3, 0.4) is 0 Å². The van der Waals surface area contributed by atoms with E-state index in [1.165, 1.54) is 0 Å². The highest BCUT2D eigenvalue weighted by Gasteiger charge is 2.24. The topological polar surface area (TPSA) is 23.8 Å². The highest BCUT2D eigenvalue weighted by molar-refractivity contribution is 9.10. The lowest BCUT2D eigenvalue weighted by Crippen LogP contribution is -2.17. The van der Waals surface area contributed by atoms with Gasteiger partial charge in [-0.15, -0.1) is 0 Å². The summed E-state index contributed by atoms with van der Waals surface area (Å²) in [7, 11) is 0. The number of nitriles is 1. The summed E-state index contributed by atoms with van der Waals surface area (Å²) < 4.78 is -0.516. The van der Waals surface area contributed by atoms with Gasteiger partial charge in [0.15, 0.2) is 0 Å². The number of hydrogen-bond acceptors (Lipinski definition) is 1. The first-order chi connectivity index (χ1) is 5.56. The first-order valence-corrected chi connectivity index (χ1v) is 4.84. The number of hydrogen-bond donors (Lipinski definition) is 0. The smallest absolute Gasteiger partial charge is 0.134 e. The Balaban J connectivity index is 2.90. The molecule has 64 valence electrons. The van der Waals surface area contributed by atoms with Crippen LogP contribution in [0.15, 0.2) is 23.8 Å². The van der Waals surface area contributed by atoms with Crippen LogP contribution in [0.5, 0.6) is 0 Å². The van der Waals surface area contributed by atoms with Crippen LogP contribution < -0.4 is 0 Å². The molecular formula is C10H12BrN. The van der Waals surface area contributed by atoms with Crippen LogP contribution in [-0.2, 0) is 0 Å². The lowest BCUT2D eigenvalue weighted by molar-refractivity contribution is 0.718. The summed E-state index contributed by atoms with van der Waals surface area (Å²) in [5.74, 6) is 0.551. The minimum absolute atomic E-state index is 0.516. The van der Waals surface area contributed by atoms with Crippen molar-refractivity contribution in [2.24, 2.45) is 5.92 Å². The molecule has 0 aromatic carbocycles. The molecule has 2 atom stereocenters. The second-order valence-corrected chi connectivity index (χ2v) is 4.94. The largest absolute Gasteiger partial charge is 0.196 e. The third-order valence-electron chi connectivity index (χ3n) is 2.02. The number of rotatable bonds is 1. The Labute approximate surface area is 81.9 Å². The van der Waals surface area contributed by atoms with E-state index >= 15 is 0 Å². The average Bonchev–Trinajstić information content (AvgIpc) is 2.05. The minimum Gasteiger partial charge on any atom is -0.196 e. The Kier molecular flexibility index (Phi) is 2.74. The van der Waals surface area contributed by atoms with Crippen LogP contribution in [0.25, 0.3) is 0 Å². The van der Waals surface area contributed by atoms with Gasteiger partial charge in [-0.1, -0.05) is 41.1 Å². The lowest BCUT2D eigenvalue weighted by Gasteiger charge is -2.19. The number of halogens is 1. The highest BCUT2D eigenvalue weighted by Crippen LogP contribution is 2.31. The van der Waals surface area contributed by atoms with Crippen molar-refractivity contribution in [3.05, 3.63) is 23.8 Å². The molecule has 0 aliphatic heterocycles. The molecule has 0 N–H and O–H groups in total. The van der Waals surface area contributed by atoms with Gasteiger partial charge in [0.25, 0.3) is 0 Å². The van der Waals surface area contributed by atoms with E-state index in [1.807, 2.05) is 13.0 Å². The predicted molar refractivity (Wildman–Crippen MR) is 53.9 cm³/mol. The fraction of sp³-hybridized carbons (Fsp3) is 0.500. The van der Waals surface area contributed by atoms with Gasteiger partial charge in [0, 0.05) is 0 Å². The number of alkyl halides is 1. The van der Waals surface area contributed by atoms with E-state index in [9.17, 15) is 0 Å². The lowest BCUT2D eigenvalue weighted by atomic mass is 9.91. The normalized spacial score (nSPS) is 27.2.